The van der Waals surface area contributed by atoms with Crippen LogP contribution in [-0.2, 0) is 17.6 Å². The number of benzene rings is 1. The SMILES string of the molecule is COc1ccc2nccc(CCC[C@@H]3CCN(CCCc4ncccn4)C[C@@H]3CCC(=O)O)c2c1. The van der Waals surface area contributed by atoms with E-state index in [-0.39, 0.29) is 6.42 Å². The first-order valence-corrected chi connectivity index (χ1v) is 12.7. The summed E-state index contributed by atoms with van der Waals surface area (Å²) >= 11 is 0. The molecule has 1 fully saturated rings. The minimum Gasteiger partial charge on any atom is -0.497 e. The zero-order valence-electron chi connectivity index (χ0n) is 20.6. The molecule has 0 saturated carbocycles. The third kappa shape index (κ3) is 7.21. The van der Waals surface area contributed by atoms with Crippen LogP contribution in [0.5, 0.6) is 5.75 Å². The van der Waals surface area contributed by atoms with Crippen LogP contribution in [0.4, 0.5) is 0 Å². The van der Waals surface area contributed by atoms with Gasteiger partial charge in [0.25, 0.3) is 0 Å². The van der Waals surface area contributed by atoms with Gasteiger partial charge in [-0.05, 0) is 99.3 Å². The molecule has 0 unspecified atom stereocenters. The topological polar surface area (TPSA) is 88.4 Å². The summed E-state index contributed by atoms with van der Waals surface area (Å²) in [6.07, 6.45) is 12.7. The highest BCUT2D eigenvalue weighted by Crippen LogP contribution is 2.32. The van der Waals surface area contributed by atoms with Gasteiger partial charge in [0.15, 0.2) is 0 Å². The van der Waals surface area contributed by atoms with Gasteiger partial charge in [-0.3, -0.25) is 9.78 Å². The number of aryl methyl sites for hydroxylation is 2. The number of carboxylic acid groups (broad SMARTS) is 1. The molecule has 1 aliphatic heterocycles. The number of pyridine rings is 1. The molecular formula is C28H36N4O3. The summed E-state index contributed by atoms with van der Waals surface area (Å²) in [6, 6.07) is 10.00. The second-order valence-electron chi connectivity index (χ2n) is 9.56. The monoisotopic (exact) mass is 476 g/mol. The lowest BCUT2D eigenvalue weighted by Gasteiger charge is -2.39. The highest BCUT2D eigenvalue weighted by atomic mass is 16.5. The maximum absolute atomic E-state index is 11.3. The lowest BCUT2D eigenvalue weighted by atomic mass is 9.79. The number of ether oxygens (including phenoxy) is 1. The molecule has 1 N–H and O–H groups in total. The largest absolute Gasteiger partial charge is 0.497 e. The van der Waals surface area contributed by atoms with Crippen LogP contribution in [-0.4, -0.2) is 57.7 Å². The van der Waals surface area contributed by atoms with Crippen LogP contribution in [0.3, 0.4) is 0 Å². The molecule has 4 rings (SSSR count). The van der Waals surface area contributed by atoms with Crippen molar-refractivity contribution in [2.24, 2.45) is 11.8 Å². The van der Waals surface area contributed by atoms with E-state index >= 15 is 0 Å². The number of likely N-dealkylation sites (tertiary alicyclic amines) is 1. The van der Waals surface area contributed by atoms with E-state index in [4.69, 9.17) is 4.74 Å². The first kappa shape index (κ1) is 25.0. The minimum absolute atomic E-state index is 0.252. The Morgan fingerprint density at radius 2 is 1.91 bits per heavy atom. The molecule has 3 aromatic rings. The Balaban J connectivity index is 1.31. The molecule has 1 aliphatic rings. The zero-order chi connectivity index (χ0) is 24.5. The smallest absolute Gasteiger partial charge is 0.303 e. The number of carbonyl (C=O) groups is 1. The Hall–Kier alpha value is -3.06. The number of hydrogen-bond donors (Lipinski definition) is 1. The Kier molecular flexibility index (Phi) is 9.01. The summed E-state index contributed by atoms with van der Waals surface area (Å²) in [5, 5.41) is 10.4. The lowest BCUT2D eigenvalue weighted by Crippen LogP contribution is -2.41. The summed E-state index contributed by atoms with van der Waals surface area (Å²) in [6.45, 7) is 3.08. The summed E-state index contributed by atoms with van der Waals surface area (Å²) in [5.41, 5.74) is 2.30. The second kappa shape index (κ2) is 12.6. The summed E-state index contributed by atoms with van der Waals surface area (Å²) in [5.74, 6) is 2.06. The molecule has 3 heterocycles. The molecule has 0 aliphatic carbocycles. The zero-order valence-corrected chi connectivity index (χ0v) is 20.6. The van der Waals surface area contributed by atoms with Crippen LogP contribution < -0.4 is 4.74 Å². The van der Waals surface area contributed by atoms with Crippen LogP contribution >= 0.6 is 0 Å². The summed E-state index contributed by atoms with van der Waals surface area (Å²) < 4.78 is 5.41. The third-order valence-corrected chi connectivity index (χ3v) is 7.26. The molecule has 1 aromatic carbocycles. The van der Waals surface area contributed by atoms with Gasteiger partial charge in [0.1, 0.15) is 11.6 Å². The van der Waals surface area contributed by atoms with Gasteiger partial charge in [0, 0.05) is 43.4 Å². The Labute approximate surface area is 207 Å². The van der Waals surface area contributed by atoms with Gasteiger partial charge in [-0.2, -0.15) is 0 Å². The van der Waals surface area contributed by atoms with Crippen molar-refractivity contribution < 1.29 is 14.6 Å². The van der Waals surface area contributed by atoms with Crippen molar-refractivity contribution >= 4 is 16.9 Å². The van der Waals surface area contributed by atoms with E-state index in [0.29, 0.717) is 11.8 Å². The predicted molar refractivity (Wildman–Crippen MR) is 136 cm³/mol. The van der Waals surface area contributed by atoms with Crippen molar-refractivity contribution in [2.45, 2.75) is 51.4 Å². The summed E-state index contributed by atoms with van der Waals surface area (Å²) in [7, 11) is 1.69. The molecule has 0 radical (unpaired) electrons. The number of rotatable bonds is 12. The molecule has 2 aromatic heterocycles. The third-order valence-electron chi connectivity index (χ3n) is 7.26. The second-order valence-corrected chi connectivity index (χ2v) is 9.56. The molecule has 186 valence electrons. The Bertz CT molecular complexity index is 1090. The molecule has 35 heavy (non-hydrogen) atoms. The van der Waals surface area contributed by atoms with Gasteiger partial charge in [-0.15, -0.1) is 0 Å². The van der Waals surface area contributed by atoms with E-state index in [2.05, 4.69) is 32.0 Å². The van der Waals surface area contributed by atoms with E-state index in [0.717, 1.165) is 87.1 Å². The van der Waals surface area contributed by atoms with Crippen molar-refractivity contribution in [2.75, 3.05) is 26.7 Å². The molecule has 0 bridgehead atoms. The van der Waals surface area contributed by atoms with Gasteiger partial charge in [0.05, 0.1) is 12.6 Å². The van der Waals surface area contributed by atoms with Crippen LogP contribution in [0.1, 0.15) is 49.9 Å². The number of carboxylic acids is 1. The highest BCUT2D eigenvalue weighted by Gasteiger charge is 2.29. The predicted octanol–water partition coefficient (Wildman–Crippen LogP) is 4.79. The van der Waals surface area contributed by atoms with Gasteiger partial charge >= 0.3 is 5.97 Å². The molecule has 7 heteroatoms. The number of piperidine rings is 1. The van der Waals surface area contributed by atoms with Gasteiger partial charge < -0.3 is 14.7 Å². The minimum atomic E-state index is -0.695. The quantitative estimate of drug-likeness (QED) is 0.402. The van der Waals surface area contributed by atoms with E-state index in [1.54, 1.807) is 19.5 Å². The summed E-state index contributed by atoms with van der Waals surface area (Å²) in [4.78, 5) is 26.9. The first-order valence-electron chi connectivity index (χ1n) is 12.7. The lowest BCUT2D eigenvalue weighted by molar-refractivity contribution is -0.137. The number of aliphatic carboxylic acids is 1. The van der Waals surface area contributed by atoms with E-state index in [9.17, 15) is 9.90 Å². The van der Waals surface area contributed by atoms with E-state index < -0.39 is 5.97 Å². The fourth-order valence-electron chi connectivity index (χ4n) is 5.38. The van der Waals surface area contributed by atoms with Crippen molar-refractivity contribution in [1.82, 2.24) is 19.9 Å². The highest BCUT2D eigenvalue weighted by molar-refractivity contribution is 5.83. The van der Waals surface area contributed by atoms with Gasteiger partial charge in [-0.1, -0.05) is 0 Å². The average molecular weight is 477 g/mol. The first-order chi connectivity index (χ1) is 17.1. The number of methoxy groups -OCH3 is 1. The van der Waals surface area contributed by atoms with Crippen molar-refractivity contribution in [1.29, 1.82) is 0 Å². The molecule has 7 nitrogen and oxygen atoms in total. The molecule has 2 atom stereocenters. The fraction of sp³-hybridized carbons (Fsp3) is 0.500. The van der Waals surface area contributed by atoms with Crippen molar-refractivity contribution in [3.05, 3.63) is 60.3 Å². The normalized spacial score (nSPS) is 18.5. The van der Waals surface area contributed by atoms with E-state index in [1.807, 2.05) is 24.4 Å². The standard InChI is InChI=1S/C28H36N4O3/c1-35-24-9-10-26-25(19-24)22(12-16-29-26)6-2-5-21-13-18-32(20-23(21)8-11-28(33)34)17-3-7-27-30-14-4-15-31-27/h4,9-10,12,14-16,19,21,23H,2-3,5-8,11,13,17-18,20H2,1H3,(H,33,34)/t21-,23+/m1/s1. The van der Waals surface area contributed by atoms with Crippen LogP contribution in [0, 0.1) is 11.8 Å². The number of fused-ring (bicyclic) bond motifs is 1. The molecular weight excluding hydrogens is 440 g/mol. The molecule has 1 saturated heterocycles. The van der Waals surface area contributed by atoms with Gasteiger partial charge in [0.2, 0.25) is 0 Å². The Morgan fingerprint density at radius 1 is 1.06 bits per heavy atom. The van der Waals surface area contributed by atoms with Crippen molar-refractivity contribution in [3.63, 3.8) is 0 Å². The number of hydrogen-bond acceptors (Lipinski definition) is 6. The molecule has 0 spiro atoms. The maximum Gasteiger partial charge on any atom is 0.303 e. The number of nitrogens with zero attached hydrogens (tertiary/aromatic N) is 4. The van der Waals surface area contributed by atoms with Crippen LogP contribution in [0.2, 0.25) is 0 Å². The van der Waals surface area contributed by atoms with E-state index in [1.165, 1.54) is 5.56 Å². The number of aromatic nitrogens is 3. The fourth-order valence-corrected chi connectivity index (χ4v) is 5.38. The van der Waals surface area contributed by atoms with Crippen LogP contribution in [0.25, 0.3) is 10.9 Å². The average Bonchev–Trinajstić information content (AvgIpc) is 2.88. The van der Waals surface area contributed by atoms with Crippen LogP contribution in [0.15, 0.2) is 48.9 Å². The van der Waals surface area contributed by atoms with Gasteiger partial charge in [-0.25, -0.2) is 9.97 Å². The maximum atomic E-state index is 11.3. The Morgan fingerprint density at radius 3 is 2.71 bits per heavy atom. The van der Waals surface area contributed by atoms with Crippen molar-refractivity contribution in [3.8, 4) is 5.75 Å². The molecule has 0 amide bonds.